The molecule has 0 saturated carbocycles. The van der Waals surface area contributed by atoms with Crippen LogP contribution in [0.1, 0.15) is 42.6 Å². The maximum absolute atomic E-state index is 12.6. The quantitative estimate of drug-likeness (QED) is 0.820. The Hall–Kier alpha value is -1.73. The Kier molecular flexibility index (Phi) is 6.35. The standard InChI is InChI=1S/C18H31N5O2/c1-13-15(14(2)21-17(19)20-13)6-7-16(24)23-10-5-8-18(25,9-11-23)12-22(3)4/h25H,5-12H2,1-4H3,(H2,19,20,21)/t18-/m0/s1. The van der Waals surface area contributed by atoms with Gasteiger partial charge in [0.15, 0.2) is 0 Å². The van der Waals surface area contributed by atoms with Crippen molar-refractivity contribution in [1.29, 1.82) is 0 Å². The van der Waals surface area contributed by atoms with Crippen LogP contribution < -0.4 is 5.73 Å². The van der Waals surface area contributed by atoms with Gasteiger partial charge in [-0.3, -0.25) is 4.79 Å². The molecule has 25 heavy (non-hydrogen) atoms. The molecule has 0 unspecified atom stereocenters. The predicted molar refractivity (Wildman–Crippen MR) is 98.2 cm³/mol. The van der Waals surface area contributed by atoms with Crippen LogP contribution in [-0.4, -0.2) is 70.1 Å². The van der Waals surface area contributed by atoms with E-state index in [0.717, 1.165) is 29.8 Å². The van der Waals surface area contributed by atoms with Crippen molar-refractivity contribution in [2.24, 2.45) is 0 Å². The summed E-state index contributed by atoms with van der Waals surface area (Å²) in [5, 5.41) is 10.7. The number of aliphatic hydroxyl groups is 1. The summed E-state index contributed by atoms with van der Waals surface area (Å²) in [6, 6.07) is 0. The molecule has 0 aliphatic carbocycles. The molecule has 1 fully saturated rings. The third-order valence-corrected chi connectivity index (χ3v) is 4.91. The van der Waals surface area contributed by atoms with E-state index in [1.807, 2.05) is 37.7 Å². The molecule has 140 valence electrons. The minimum atomic E-state index is -0.698. The molecule has 0 spiro atoms. The van der Waals surface area contributed by atoms with E-state index in [0.29, 0.717) is 38.9 Å². The number of hydrogen-bond donors (Lipinski definition) is 2. The van der Waals surface area contributed by atoms with E-state index in [1.54, 1.807) is 0 Å². The van der Waals surface area contributed by atoms with Crippen molar-refractivity contribution in [2.75, 3.05) is 39.5 Å². The average molecular weight is 349 g/mol. The largest absolute Gasteiger partial charge is 0.388 e. The zero-order chi connectivity index (χ0) is 18.6. The summed E-state index contributed by atoms with van der Waals surface area (Å²) >= 11 is 0. The second-order valence-electron chi connectivity index (χ2n) is 7.43. The second kappa shape index (κ2) is 8.10. The van der Waals surface area contributed by atoms with Gasteiger partial charge in [-0.25, -0.2) is 9.97 Å². The van der Waals surface area contributed by atoms with Crippen molar-refractivity contribution in [1.82, 2.24) is 19.8 Å². The van der Waals surface area contributed by atoms with Gasteiger partial charge in [0.05, 0.1) is 5.60 Å². The molecule has 1 aliphatic heterocycles. The zero-order valence-electron chi connectivity index (χ0n) is 15.9. The van der Waals surface area contributed by atoms with E-state index < -0.39 is 5.60 Å². The van der Waals surface area contributed by atoms with Crippen LogP contribution >= 0.6 is 0 Å². The van der Waals surface area contributed by atoms with E-state index in [9.17, 15) is 9.90 Å². The summed E-state index contributed by atoms with van der Waals surface area (Å²) in [6.07, 6.45) is 3.24. The lowest BCUT2D eigenvalue weighted by molar-refractivity contribution is -0.131. The fourth-order valence-corrected chi connectivity index (χ4v) is 3.69. The number of nitrogens with zero attached hydrogens (tertiary/aromatic N) is 4. The third-order valence-electron chi connectivity index (χ3n) is 4.91. The summed E-state index contributed by atoms with van der Waals surface area (Å²) in [7, 11) is 3.93. The molecule has 0 radical (unpaired) electrons. The number of nitrogens with two attached hydrogens (primary N) is 1. The Morgan fingerprint density at radius 2 is 1.88 bits per heavy atom. The smallest absolute Gasteiger partial charge is 0.222 e. The zero-order valence-corrected chi connectivity index (χ0v) is 15.9. The number of nitrogen functional groups attached to an aromatic ring is 1. The van der Waals surface area contributed by atoms with Crippen molar-refractivity contribution in [3.8, 4) is 0 Å². The van der Waals surface area contributed by atoms with Crippen molar-refractivity contribution < 1.29 is 9.90 Å². The first kappa shape index (κ1) is 19.6. The molecule has 0 bridgehead atoms. The predicted octanol–water partition coefficient (Wildman–Crippen LogP) is 0.913. The first-order chi connectivity index (χ1) is 11.7. The summed E-state index contributed by atoms with van der Waals surface area (Å²) < 4.78 is 0. The monoisotopic (exact) mass is 349 g/mol. The Balaban J connectivity index is 1.93. The second-order valence-corrected chi connectivity index (χ2v) is 7.43. The number of aryl methyl sites for hydroxylation is 2. The lowest BCUT2D eigenvalue weighted by Crippen LogP contribution is -2.41. The van der Waals surface area contributed by atoms with E-state index in [4.69, 9.17) is 5.73 Å². The molecule has 7 nitrogen and oxygen atoms in total. The van der Waals surface area contributed by atoms with Crippen LogP contribution in [0.25, 0.3) is 0 Å². The lowest BCUT2D eigenvalue weighted by Gasteiger charge is -2.30. The maximum Gasteiger partial charge on any atom is 0.222 e. The Morgan fingerprint density at radius 3 is 2.48 bits per heavy atom. The number of likely N-dealkylation sites (tertiary alicyclic amines) is 1. The van der Waals surface area contributed by atoms with Crippen LogP contribution in [0.2, 0.25) is 0 Å². The molecule has 1 aromatic rings. The topological polar surface area (TPSA) is 95.6 Å². The van der Waals surface area contributed by atoms with E-state index in [2.05, 4.69) is 9.97 Å². The van der Waals surface area contributed by atoms with Gasteiger partial charge in [-0.05, 0) is 59.2 Å². The normalized spacial score (nSPS) is 21.4. The van der Waals surface area contributed by atoms with Crippen LogP contribution in [0, 0.1) is 13.8 Å². The van der Waals surface area contributed by atoms with Crippen molar-refractivity contribution in [3.05, 3.63) is 17.0 Å². The molecular formula is C18H31N5O2. The van der Waals surface area contributed by atoms with Gasteiger partial charge in [0.1, 0.15) is 0 Å². The number of anilines is 1. The number of amides is 1. The van der Waals surface area contributed by atoms with E-state index in [-0.39, 0.29) is 11.9 Å². The van der Waals surface area contributed by atoms with Gasteiger partial charge in [0.2, 0.25) is 11.9 Å². The Morgan fingerprint density at radius 1 is 1.24 bits per heavy atom. The van der Waals surface area contributed by atoms with Gasteiger partial charge < -0.3 is 20.6 Å². The molecule has 1 saturated heterocycles. The van der Waals surface area contributed by atoms with E-state index >= 15 is 0 Å². The molecule has 2 heterocycles. The highest BCUT2D eigenvalue weighted by molar-refractivity contribution is 5.76. The van der Waals surface area contributed by atoms with E-state index in [1.165, 1.54) is 0 Å². The van der Waals surface area contributed by atoms with Crippen molar-refractivity contribution >= 4 is 11.9 Å². The maximum atomic E-state index is 12.6. The highest BCUT2D eigenvalue weighted by Gasteiger charge is 2.31. The number of carbonyl (C=O) groups is 1. The van der Waals surface area contributed by atoms with Gasteiger partial charge in [-0.1, -0.05) is 0 Å². The van der Waals surface area contributed by atoms with Crippen LogP contribution in [-0.2, 0) is 11.2 Å². The van der Waals surface area contributed by atoms with Crippen molar-refractivity contribution in [2.45, 2.75) is 51.6 Å². The Labute approximate surface area is 150 Å². The Bertz CT molecular complexity index is 596. The molecule has 1 aliphatic rings. The van der Waals surface area contributed by atoms with Gasteiger partial charge in [0, 0.05) is 37.4 Å². The summed E-state index contributed by atoms with van der Waals surface area (Å²) in [6.45, 7) is 5.76. The van der Waals surface area contributed by atoms with Gasteiger partial charge in [-0.15, -0.1) is 0 Å². The molecular weight excluding hydrogens is 318 g/mol. The summed E-state index contributed by atoms with van der Waals surface area (Å²) in [4.78, 5) is 24.9. The van der Waals surface area contributed by atoms with Gasteiger partial charge in [0.25, 0.3) is 0 Å². The number of likely N-dealkylation sites (N-methyl/N-ethyl adjacent to an activating group) is 1. The lowest BCUT2D eigenvalue weighted by atomic mass is 9.94. The number of carbonyl (C=O) groups excluding carboxylic acids is 1. The van der Waals surface area contributed by atoms with Gasteiger partial charge >= 0.3 is 0 Å². The number of aromatic nitrogens is 2. The average Bonchev–Trinajstić information content (AvgIpc) is 2.67. The van der Waals surface area contributed by atoms with Gasteiger partial charge in [-0.2, -0.15) is 0 Å². The summed E-state index contributed by atoms with van der Waals surface area (Å²) in [5.74, 6) is 0.405. The van der Waals surface area contributed by atoms with Crippen molar-refractivity contribution in [3.63, 3.8) is 0 Å². The molecule has 7 heteroatoms. The van der Waals surface area contributed by atoms with Crippen LogP contribution in [0.15, 0.2) is 0 Å². The van der Waals surface area contributed by atoms with Crippen LogP contribution in [0.4, 0.5) is 5.95 Å². The minimum Gasteiger partial charge on any atom is -0.388 e. The molecule has 1 atom stereocenters. The van der Waals surface area contributed by atoms with Crippen LogP contribution in [0.5, 0.6) is 0 Å². The fourth-order valence-electron chi connectivity index (χ4n) is 3.69. The fraction of sp³-hybridized carbons (Fsp3) is 0.722. The highest BCUT2D eigenvalue weighted by atomic mass is 16.3. The number of rotatable bonds is 5. The molecule has 1 amide bonds. The number of hydrogen-bond acceptors (Lipinski definition) is 6. The summed E-state index contributed by atoms with van der Waals surface area (Å²) in [5.41, 5.74) is 7.64. The highest BCUT2D eigenvalue weighted by Crippen LogP contribution is 2.24. The minimum absolute atomic E-state index is 0.129. The molecule has 3 N–H and O–H groups in total. The van der Waals surface area contributed by atoms with Crippen LogP contribution in [0.3, 0.4) is 0 Å². The molecule has 1 aromatic heterocycles. The first-order valence-electron chi connectivity index (χ1n) is 8.95. The first-order valence-corrected chi connectivity index (χ1v) is 8.95. The molecule has 0 aromatic carbocycles. The SMILES string of the molecule is Cc1nc(N)nc(C)c1CCC(=O)N1CCC[C@@](O)(CN(C)C)CC1. The molecule has 2 rings (SSSR count). The third kappa shape index (κ3) is 5.37.